The van der Waals surface area contributed by atoms with Gasteiger partial charge in [0, 0.05) is 5.69 Å². The molecular weight excluding hydrogens is 464 g/mol. The molecule has 174 valence electrons. The zero-order valence-corrected chi connectivity index (χ0v) is 17.7. The number of hydrogen-bond acceptors (Lipinski definition) is 2. The molecular formula is C23H19F6N3S. The molecule has 33 heavy (non-hydrogen) atoms. The fourth-order valence-corrected chi connectivity index (χ4v) is 3.49. The van der Waals surface area contributed by atoms with Gasteiger partial charge >= 0.3 is 12.4 Å². The molecule has 0 saturated carbocycles. The third-order valence-corrected chi connectivity index (χ3v) is 5.05. The Balaban J connectivity index is 1.89. The van der Waals surface area contributed by atoms with Crippen LogP contribution in [0.3, 0.4) is 0 Å². The summed E-state index contributed by atoms with van der Waals surface area (Å²) in [4.78, 5) is 0. The van der Waals surface area contributed by atoms with Crippen molar-refractivity contribution in [2.45, 2.75) is 24.4 Å². The summed E-state index contributed by atoms with van der Waals surface area (Å²) in [6.07, 6.45) is -9.93. The Morgan fingerprint density at radius 2 is 1.18 bits per heavy atom. The Kier molecular flexibility index (Phi) is 7.28. The fourth-order valence-electron chi connectivity index (χ4n) is 3.24. The highest BCUT2D eigenvalue weighted by molar-refractivity contribution is 7.80. The highest BCUT2D eigenvalue weighted by atomic mass is 32.1. The van der Waals surface area contributed by atoms with Crippen LogP contribution in [-0.2, 0) is 12.4 Å². The van der Waals surface area contributed by atoms with Crippen LogP contribution in [0.25, 0.3) is 0 Å². The Hall–Kier alpha value is -3.11. The summed E-state index contributed by atoms with van der Waals surface area (Å²) in [6.45, 7) is 0. The van der Waals surface area contributed by atoms with Crippen LogP contribution in [0.4, 0.5) is 32.0 Å². The van der Waals surface area contributed by atoms with Gasteiger partial charge in [-0.1, -0.05) is 60.7 Å². The van der Waals surface area contributed by atoms with Gasteiger partial charge in [-0.25, -0.2) is 0 Å². The minimum Gasteiger partial charge on any atom is -0.354 e. The van der Waals surface area contributed by atoms with E-state index in [1.165, 1.54) is 0 Å². The fraction of sp³-hybridized carbons (Fsp3) is 0.174. The van der Waals surface area contributed by atoms with Crippen molar-refractivity contribution >= 4 is 23.0 Å². The third kappa shape index (κ3) is 6.45. The van der Waals surface area contributed by atoms with Crippen LogP contribution in [0.2, 0.25) is 0 Å². The van der Waals surface area contributed by atoms with Gasteiger partial charge in [-0.2, -0.15) is 26.3 Å². The van der Waals surface area contributed by atoms with Crippen LogP contribution in [0.15, 0.2) is 78.9 Å². The molecule has 2 atom stereocenters. The van der Waals surface area contributed by atoms with Gasteiger partial charge in [0.25, 0.3) is 0 Å². The average molecular weight is 483 g/mol. The molecule has 0 aliphatic rings. The lowest BCUT2D eigenvalue weighted by atomic mass is 9.94. The standard InChI is InChI=1S/C23H19F6N3S/c24-22(25,26)16-11-17(23(27,28)29)13-18(12-16)31-21(33)32-20(15-9-5-2-6-10-15)19(30)14-7-3-1-4-8-14/h1-13,19-20H,30H2,(H2,31,32,33). The summed E-state index contributed by atoms with van der Waals surface area (Å²) >= 11 is 5.21. The van der Waals surface area contributed by atoms with Crippen LogP contribution < -0.4 is 16.4 Å². The molecule has 0 amide bonds. The van der Waals surface area contributed by atoms with Crippen molar-refractivity contribution in [3.63, 3.8) is 0 Å². The molecule has 0 saturated heterocycles. The summed E-state index contributed by atoms with van der Waals surface area (Å²) in [5.41, 5.74) is 4.59. The molecule has 3 rings (SSSR count). The summed E-state index contributed by atoms with van der Waals surface area (Å²) in [6, 6.07) is 17.9. The van der Waals surface area contributed by atoms with Gasteiger partial charge in [0.15, 0.2) is 5.11 Å². The maximum absolute atomic E-state index is 13.1. The van der Waals surface area contributed by atoms with E-state index in [1.807, 2.05) is 6.07 Å². The second kappa shape index (κ2) is 9.80. The number of nitrogens with two attached hydrogens (primary N) is 1. The van der Waals surface area contributed by atoms with Gasteiger partial charge in [-0.05, 0) is 41.5 Å². The molecule has 2 unspecified atom stereocenters. The lowest BCUT2D eigenvalue weighted by Crippen LogP contribution is -2.38. The van der Waals surface area contributed by atoms with Gasteiger partial charge in [0.05, 0.1) is 23.2 Å². The number of alkyl halides is 6. The monoisotopic (exact) mass is 483 g/mol. The van der Waals surface area contributed by atoms with Crippen molar-refractivity contribution < 1.29 is 26.3 Å². The van der Waals surface area contributed by atoms with Gasteiger partial charge in [-0.15, -0.1) is 0 Å². The number of halogens is 6. The lowest BCUT2D eigenvalue weighted by Gasteiger charge is -2.27. The zero-order valence-electron chi connectivity index (χ0n) is 16.9. The maximum atomic E-state index is 13.1. The Morgan fingerprint density at radius 3 is 1.64 bits per heavy atom. The minimum atomic E-state index is -4.96. The van der Waals surface area contributed by atoms with Crippen LogP contribution in [0.1, 0.15) is 34.3 Å². The minimum absolute atomic E-state index is 0.0553. The average Bonchev–Trinajstić information content (AvgIpc) is 2.77. The Morgan fingerprint density at radius 1 is 0.727 bits per heavy atom. The van der Waals surface area contributed by atoms with E-state index in [4.69, 9.17) is 18.0 Å². The number of thiocarbonyl (C=S) groups is 1. The molecule has 0 fully saturated rings. The van der Waals surface area contributed by atoms with Crippen molar-refractivity contribution in [2.24, 2.45) is 5.73 Å². The normalized spacial score (nSPS) is 13.8. The molecule has 0 aliphatic heterocycles. The van der Waals surface area contributed by atoms with Gasteiger partial charge < -0.3 is 16.4 Å². The first kappa shape index (κ1) is 24.5. The summed E-state index contributed by atoms with van der Waals surface area (Å²) in [5, 5.41) is 5.19. The van der Waals surface area contributed by atoms with E-state index in [1.54, 1.807) is 54.6 Å². The predicted octanol–water partition coefficient (Wildman–Crippen LogP) is 6.45. The first-order valence-electron chi connectivity index (χ1n) is 9.67. The van der Waals surface area contributed by atoms with E-state index in [0.717, 1.165) is 11.1 Å². The van der Waals surface area contributed by atoms with Crippen molar-refractivity contribution in [2.75, 3.05) is 5.32 Å². The van der Waals surface area contributed by atoms with E-state index < -0.39 is 41.3 Å². The molecule has 0 radical (unpaired) electrons. The number of benzene rings is 3. The summed E-state index contributed by atoms with van der Waals surface area (Å²) in [7, 11) is 0. The van der Waals surface area contributed by atoms with Gasteiger partial charge in [0.2, 0.25) is 0 Å². The van der Waals surface area contributed by atoms with Crippen molar-refractivity contribution in [1.82, 2.24) is 5.32 Å². The SMILES string of the molecule is NC(c1ccccc1)C(NC(=S)Nc1cc(C(F)(F)F)cc(C(F)(F)F)c1)c1ccccc1. The Bertz CT molecular complexity index is 1050. The largest absolute Gasteiger partial charge is 0.416 e. The number of rotatable bonds is 5. The highest BCUT2D eigenvalue weighted by Crippen LogP contribution is 2.37. The molecule has 0 bridgehead atoms. The van der Waals surface area contributed by atoms with Crippen LogP contribution in [-0.4, -0.2) is 5.11 Å². The maximum Gasteiger partial charge on any atom is 0.416 e. The van der Waals surface area contributed by atoms with Gasteiger partial charge in [0.1, 0.15) is 0 Å². The molecule has 3 aromatic rings. The first-order valence-corrected chi connectivity index (χ1v) is 10.1. The smallest absolute Gasteiger partial charge is 0.354 e. The second-order valence-corrected chi connectivity index (χ2v) is 7.63. The van der Waals surface area contributed by atoms with Crippen LogP contribution in [0, 0.1) is 0 Å². The highest BCUT2D eigenvalue weighted by Gasteiger charge is 2.37. The molecule has 3 aromatic carbocycles. The second-order valence-electron chi connectivity index (χ2n) is 7.22. The van der Waals surface area contributed by atoms with Crippen LogP contribution in [0.5, 0.6) is 0 Å². The van der Waals surface area contributed by atoms with Crippen molar-refractivity contribution in [1.29, 1.82) is 0 Å². The van der Waals surface area contributed by atoms with Crippen molar-refractivity contribution in [3.8, 4) is 0 Å². The van der Waals surface area contributed by atoms with E-state index in [9.17, 15) is 26.3 Å². The number of nitrogens with one attached hydrogen (secondary N) is 2. The molecule has 0 spiro atoms. The number of hydrogen-bond donors (Lipinski definition) is 3. The summed E-state index contributed by atoms with van der Waals surface area (Å²) < 4.78 is 78.8. The predicted molar refractivity (Wildman–Crippen MR) is 118 cm³/mol. The van der Waals surface area contributed by atoms with E-state index in [-0.39, 0.29) is 11.2 Å². The third-order valence-electron chi connectivity index (χ3n) is 4.83. The van der Waals surface area contributed by atoms with E-state index >= 15 is 0 Å². The quantitative estimate of drug-likeness (QED) is 0.288. The molecule has 4 N–H and O–H groups in total. The van der Waals surface area contributed by atoms with E-state index in [2.05, 4.69) is 10.6 Å². The molecule has 0 aromatic heterocycles. The molecule has 10 heteroatoms. The van der Waals surface area contributed by atoms with E-state index in [0.29, 0.717) is 12.1 Å². The zero-order chi connectivity index (χ0) is 24.2. The summed E-state index contributed by atoms with van der Waals surface area (Å²) in [5.74, 6) is 0. The van der Waals surface area contributed by atoms with Gasteiger partial charge in [-0.3, -0.25) is 0 Å². The topological polar surface area (TPSA) is 50.1 Å². The number of anilines is 1. The molecule has 3 nitrogen and oxygen atoms in total. The lowest BCUT2D eigenvalue weighted by molar-refractivity contribution is -0.143. The van der Waals surface area contributed by atoms with Crippen LogP contribution >= 0.6 is 12.2 Å². The molecule has 0 heterocycles. The molecule has 0 aliphatic carbocycles. The Labute approximate surface area is 191 Å². The van der Waals surface area contributed by atoms with Crippen molar-refractivity contribution in [3.05, 3.63) is 101 Å². The first-order chi connectivity index (χ1) is 15.4.